The quantitative estimate of drug-likeness (QED) is 0.790. The van der Waals surface area contributed by atoms with Crippen LogP contribution >= 0.6 is 0 Å². The number of aryl methyl sites for hydroxylation is 1. The minimum Gasteiger partial charge on any atom is -0.477 e. The summed E-state index contributed by atoms with van der Waals surface area (Å²) in [5.41, 5.74) is 2.34. The first-order valence-electron chi connectivity index (χ1n) is 6.49. The normalized spacial score (nSPS) is 10.9. The zero-order valence-corrected chi connectivity index (χ0v) is 11.4. The number of hydrogen-bond donors (Lipinski definition) is 1. The van der Waals surface area contributed by atoms with Crippen molar-refractivity contribution in [3.8, 4) is 5.88 Å². The summed E-state index contributed by atoms with van der Waals surface area (Å²) in [5, 5.41) is 3.32. The molecule has 1 heterocycles. The molecule has 0 bridgehead atoms. The van der Waals surface area contributed by atoms with Crippen molar-refractivity contribution < 1.29 is 4.74 Å². The van der Waals surface area contributed by atoms with Crippen LogP contribution in [0.5, 0.6) is 5.88 Å². The summed E-state index contributed by atoms with van der Waals surface area (Å²) < 4.78 is 5.69. The molecule has 17 heavy (non-hydrogen) atoms. The number of rotatable bonds is 7. The van der Waals surface area contributed by atoms with Gasteiger partial charge in [0, 0.05) is 18.3 Å². The standard InChI is InChI=1S/C14H24N2O/c1-5-13-7-12(9-15-6-2)8-14(16-13)17-10-11(3)4/h7-8,11,15H,5-6,9-10H2,1-4H3. The van der Waals surface area contributed by atoms with Crippen LogP contribution in [-0.4, -0.2) is 18.1 Å². The lowest BCUT2D eigenvalue weighted by Crippen LogP contribution is -2.13. The number of ether oxygens (including phenoxy) is 1. The van der Waals surface area contributed by atoms with E-state index in [0.29, 0.717) is 5.92 Å². The molecule has 0 saturated heterocycles. The molecule has 0 aliphatic heterocycles. The van der Waals surface area contributed by atoms with Crippen LogP contribution in [0.2, 0.25) is 0 Å². The van der Waals surface area contributed by atoms with Crippen LogP contribution in [0, 0.1) is 5.92 Å². The van der Waals surface area contributed by atoms with Gasteiger partial charge in [0.05, 0.1) is 6.61 Å². The minimum absolute atomic E-state index is 0.527. The number of nitrogens with one attached hydrogen (secondary N) is 1. The number of nitrogens with zero attached hydrogens (tertiary/aromatic N) is 1. The van der Waals surface area contributed by atoms with Gasteiger partial charge in [0.2, 0.25) is 5.88 Å². The van der Waals surface area contributed by atoms with Gasteiger partial charge in [0.1, 0.15) is 0 Å². The molecule has 0 amide bonds. The molecule has 0 spiro atoms. The van der Waals surface area contributed by atoms with Gasteiger partial charge in [-0.1, -0.05) is 27.7 Å². The Bertz CT molecular complexity index is 337. The third-order valence-electron chi connectivity index (χ3n) is 2.42. The van der Waals surface area contributed by atoms with E-state index >= 15 is 0 Å². The van der Waals surface area contributed by atoms with E-state index < -0.39 is 0 Å². The Morgan fingerprint density at radius 1 is 1.29 bits per heavy atom. The summed E-state index contributed by atoms with van der Waals surface area (Å²) in [5.74, 6) is 1.28. The molecular weight excluding hydrogens is 212 g/mol. The van der Waals surface area contributed by atoms with Crippen molar-refractivity contribution in [3.63, 3.8) is 0 Å². The van der Waals surface area contributed by atoms with E-state index in [9.17, 15) is 0 Å². The van der Waals surface area contributed by atoms with Crippen LogP contribution in [0.1, 0.15) is 39.0 Å². The molecule has 96 valence electrons. The van der Waals surface area contributed by atoms with Crippen LogP contribution in [0.4, 0.5) is 0 Å². The van der Waals surface area contributed by atoms with E-state index in [1.165, 1.54) is 5.56 Å². The van der Waals surface area contributed by atoms with E-state index in [1.807, 2.05) is 6.07 Å². The predicted molar refractivity (Wildman–Crippen MR) is 71.3 cm³/mol. The van der Waals surface area contributed by atoms with Gasteiger partial charge in [-0.25, -0.2) is 4.98 Å². The van der Waals surface area contributed by atoms with E-state index in [1.54, 1.807) is 0 Å². The molecule has 1 aromatic heterocycles. The van der Waals surface area contributed by atoms with Gasteiger partial charge >= 0.3 is 0 Å². The SMILES string of the molecule is CCNCc1cc(CC)nc(OCC(C)C)c1. The third kappa shape index (κ3) is 5.18. The molecule has 1 N–H and O–H groups in total. The minimum atomic E-state index is 0.527. The molecule has 0 saturated carbocycles. The second-order valence-electron chi connectivity index (χ2n) is 4.64. The van der Waals surface area contributed by atoms with Gasteiger partial charge in [-0.2, -0.15) is 0 Å². The highest BCUT2D eigenvalue weighted by Crippen LogP contribution is 2.14. The monoisotopic (exact) mass is 236 g/mol. The zero-order valence-electron chi connectivity index (χ0n) is 11.4. The molecule has 1 rings (SSSR count). The average Bonchev–Trinajstić information content (AvgIpc) is 2.33. The van der Waals surface area contributed by atoms with Crippen molar-refractivity contribution in [2.75, 3.05) is 13.2 Å². The molecular formula is C14H24N2O. The number of pyridine rings is 1. The summed E-state index contributed by atoms with van der Waals surface area (Å²) in [6, 6.07) is 4.18. The van der Waals surface area contributed by atoms with Crippen LogP contribution < -0.4 is 10.1 Å². The third-order valence-corrected chi connectivity index (χ3v) is 2.42. The Morgan fingerprint density at radius 3 is 2.65 bits per heavy atom. The average molecular weight is 236 g/mol. The molecule has 3 nitrogen and oxygen atoms in total. The van der Waals surface area contributed by atoms with Gasteiger partial charge in [0.25, 0.3) is 0 Å². The van der Waals surface area contributed by atoms with Crippen LogP contribution in [0.3, 0.4) is 0 Å². The second-order valence-corrected chi connectivity index (χ2v) is 4.64. The first-order chi connectivity index (χ1) is 8.15. The van der Waals surface area contributed by atoms with Crippen molar-refractivity contribution in [2.45, 2.75) is 40.7 Å². The number of aromatic nitrogens is 1. The molecule has 0 aliphatic rings. The van der Waals surface area contributed by atoms with E-state index in [0.717, 1.165) is 37.7 Å². The fraction of sp³-hybridized carbons (Fsp3) is 0.643. The molecule has 3 heteroatoms. The second kappa shape index (κ2) is 7.28. The molecule has 0 aromatic carbocycles. The lowest BCUT2D eigenvalue weighted by Gasteiger charge is -2.11. The van der Waals surface area contributed by atoms with Gasteiger partial charge in [-0.3, -0.25) is 0 Å². The van der Waals surface area contributed by atoms with E-state index in [2.05, 4.69) is 44.1 Å². The first kappa shape index (κ1) is 14.0. The van der Waals surface area contributed by atoms with E-state index in [-0.39, 0.29) is 0 Å². The zero-order chi connectivity index (χ0) is 12.7. The van der Waals surface area contributed by atoms with Crippen LogP contribution in [0.15, 0.2) is 12.1 Å². The fourth-order valence-electron chi connectivity index (χ4n) is 1.50. The summed E-state index contributed by atoms with van der Waals surface area (Å²) in [6.45, 7) is 11.1. The maximum Gasteiger partial charge on any atom is 0.213 e. The maximum atomic E-state index is 5.69. The smallest absolute Gasteiger partial charge is 0.213 e. The van der Waals surface area contributed by atoms with E-state index in [4.69, 9.17) is 4.74 Å². The Morgan fingerprint density at radius 2 is 2.06 bits per heavy atom. The Hall–Kier alpha value is -1.09. The molecule has 0 radical (unpaired) electrons. The lowest BCUT2D eigenvalue weighted by atomic mass is 10.2. The Balaban J connectivity index is 2.73. The molecule has 1 aromatic rings. The van der Waals surface area contributed by atoms with Crippen LogP contribution in [-0.2, 0) is 13.0 Å². The van der Waals surface area contributed by atoms with Crippen LogP contribution in [0.25, 0.3) is 0 Å². The fourth-order valence-corrected chi connectivity index (χ4v) is 1.50. The van der Waals surface area contributed by atoms with Crippen molar-refractivity contribution in [1.82, 2.24) is 10.3 Å². The molecule has 0 fully saturated rings. The van der Waals surface area contributed by atoms with Crippen molar-refractivity contribution in [2.24, 2.45) is 5.92 Å². The summed E-state index contributed by atoms with van der Waals surface area (Å²) >= 11 is 0. The molecule has 0 aliphatic carbocycles. The van der Waals surface area contributed by atoms with Crippen molar-refractivity contribution in [1.29, 1.82) is 0 Å². The number of hydrogen-bond acceptors (Lipinski definition) is 3. The highest BCUT2D eigenvalue weighted by Gasteiger charge is 2.04. The van der Waals surface area contributed by atoms with Crippen molar-refractivity contribution in [3.05, 3.63) is 23.4 Å². The molecule has 0 atom stereocenters. The summed E-state index contributed by atoms with van der Waals surface area (Å²) in [7, 11) is 0. The highest BCUT2D eigenvalue weighted by atomic mass is 16.5. The summed E-state index contributed by atoms with van der Waals surface area (Å²) in [6.07, 6.45) is 0.942. The van der Waals surface area contributed by atoms with Gasteiger partial charge in [-0.05, 0) is 30.5 Å². The van der Waals surface area contributed by atoms with Crippen molar-refractivity contribution >= 4 is 0 Å². The predicted octanol–water partition coefficient (Wildman–Crippen LogP) is 2.79. The van der Waals surface area contributed by atoms with Gasteiger partial charge < -0.3 is 10.1 Å². The Labute approximate surface area is 105 Å². The highest BCUT2D eigenvalue weighted by molar-refractivity contribution is 5.25. The Kier molecular flexibility index (Phi) is 5.98. The largest absolute Gasteiger partial charge is 0.477 e. The summed E-state index contributed by atoms with van der Waals surface area (Å²) in [4.78, 5) is 4.48. The maximum absolute atomic E-state index is 5.69. The van der Waals surface area contributed by atoms with Gasteiger partial charge in [-0.15, -0.1) is 0 Å². The first-order valence-corrected chi connectivity index (χ1v) is 6.49. The molecule has 0 unspecified atom stereocenters. The topological polar surface area (TPSA) is 34.2 Å². The lowest BCUT2D eigenvalue weighted by molar-refractivity contribution is 0.260. The van der Waals surface area contributed by atoms with Gasteiger partial charge in [0.15, 0.2) is 0 Å².